The van der Waals surface area contributed by atoms with Crippen LogP contribution in [-0.2, 0) is 4.79 Å². The van der Waals surface area contributed by atoms with E-state index in [1.54, 1.807) is 13.2 Å². The fourth-order valence-electron chi connectivity index (χ4n) is 4.48. The SMILES string of the molecule is COc1ccc(C(=C(c2ccc(C=CC(=O)O)cc2)c2ccc3n[nH]c(F)c3c2)C2CCC2)cn1. The van der Waals surface area contributed by atoms with E-state index >= 15 is 0 Å². The van der Waals surface area contributed by atoms with Crippen molar-refractivity contribution in [1.82, 2.24) is 15.2 Å². The second-order valence-corrected chi connectivity index (χ2v) is 8.57. The minimum atomic E-state index is -0.996. The third-order valence-electron chi connectivity index (χ3n) is 6.45. The minimum absolute atomic E-state index is 0.344. The highest BCUT2D eigenvalue weighted by Gasteiger charge is 2.28. The summed E-state index contributed by atoms with van der Waals surface area (Å²) in [6.45, 7) is 0. The van der Waals surface area contributed by atoms with Crippen molar-refractivity contribution in [2.75, 3.05) is 7.11 Å². The van der Waals surface area contributed by atoms with Gasteiger partial charge in [-0.25, -0.2) is 9.78 Å². The maximum Gasteiger partial charge on any atom is 0.328 e. The van der Waals surface area contributed by atoms with Gasteiger partial charge in [0.1, 0.15) is 0 Å². The molecule has 2 aromatic carbocycles. The first-order chi connectivity index (χ1) is 17.0. The summed E-state index contributed by atoms with van der Waals surface area (Å²) < 4.78 is 19.7. The standard InChI is InChI=1S/C28H24FN3O3/c1-35-24-13-11-21(16-30-24)27(18-3-2-4-18)26(19-8-5-17(6-9-19)7-14-25(33)34)20-10-12-23-22(15-20)28(29)32-31-23/h5-16,18H,2-4H2,1H3,(H,31,32)(H,33,34). The molecule has 0 unspecified atom stereocenters. The number of aromatic amines is 1. The Bertz CT molecular complexity index is 1430. The van der Waals surface area contributed by atoms with Gasteiger partial charge in [-0.3, -0.25) is 5.10 Å². The van der Waals surface area contributed by atoms with Gasteiger partial charge in [0.15, 0.2) is 0 Å². The van der Waals surface area contributed by atoms with E-state index in [0.29, 0.717) is 22.7 Å². The Hall–Kier alpha value is -4.26. The van der Waals surface area contributed by atoms with Gasteiger partial charge in [0.05, 0.1) is 18.0 Å². The number of fused-ring (bicyclic) bond motifs is 1. The third kappa shape index (κ3) is 4.57. The third-order valence-corrected chi connectivity index (χ3v) is 6.45. The smallest absolute Gasteiger partial charge is 0.328 e. The van der Waals surface area contributed by atoms with Crippen LogP contribution in [0.15, 0.2) is 66.9 Å². The largest absolute Gasteiger partial charge is 0.481 e. The number of ether oxygens (including phenoxy) is 1. The number of carboxylic acid groups (broad SMARTS) is 1. The number of carboxylic acids is 1. The quantitative estimate of drug-likeness (QED) is 0.326. The van der Waals surface area contributed by atoms with Crippen molar-refractivity contribution in [3.8, 4) is 5.88 Å². The molecule has 7 heteroatoms. The van der Waals surface area contributed by atoms with E-state index in [2.05, 4.69) is 15.2 Å². The van der Waals surface area contributed by atoms with Gasteiger partial charge in [0.25, 0.3) is 0 Å². The molecule has 0 amide bonds. The summed E-state index contributed by atoms with van der Waals surface area (Å²) in [5, 5.41) is 15.8. The van der Waals surface area contributed by atoms with Crippen LogP contribution in [0.3, 0.4) is 0 Å². The summed E-state index contributed by atoms with van der Waals surface area (Å²) in [6.07, 6.45) is 7.78. The number of hydrogen-bond donors (Lipinski definition) is 2. The number of benzene rings is 2. The lowest BCUT2D eigenvalue weighted by molar-refractivity contribution is -0.131. The number of allylic oxidation sites excluding steroid dienone is 1. The highest BCUT2D eigenvalue weighted by atomic mass is 19.1. The molecule has 6 nitrogen and oxygen atoms in total. The summed E-state index contributed by atoms with van der Waals surface area (Å²) in [4.78, 5) is 15.3. The molecule has 0 aliphatic heterocycles. The maximum absolute atomic E-state index is 14.4. The topological polar surface area (TPSA) is 88.1 Å². The number of hydrogen-bond acceptors (Lipinski definition) is 4. The molecular formula is C28H24FN3O3. The molecule has 1 fully saturated rings. The van der Waals surface area contributed by atoms with Crippen LogP contribution in [0.1, 0.15) is 41.5 Å². The van der Waals surface area contributed by atoms with Gasteiger partial charge in [-0.15, -0.1) is 0 Å². The van der Waals surface area contributed by atoms with Gasteiger partial charge >= 0.3 is 5.97 Å². The van der Waals surface area contributed by atoms with Gasteiger partial charge in [-0.2, -0.15) is 9.49 Å². The second kappa shape index (κ2) is 9.54. The van der Waals surface area contributed by atoms with Gasteiger partial charge in [0, 0.05) is 18.3 Å². The van der Waals surface area contributed by atoms with Crippen molar-refractivity contribution in [2.45, 2.75) is 19.3 Å². The number of nitrogens with one attached hydrogen (secondary N) is 1. The molecule has 4 aromatic rings. The van der Waals surface area contributed by atoms with E-state index < -0.39 is 11.9 Å². The van der Waals surface area contributed by atoms with Gasteiger partial charge < -0.3 is 9.84 Å². The van der Waals surface area contributed by atoms with Crippen LogP contribution < -0.4 is 4.74 Å². The average molecular weight is 470 g/mol. The Kier molecular flexibility index (Phi) is 6.14. The van der Waals surface area contributed by atoms with Crippen LogP contribution in [-0.4, -0.2) is 33.4 Å². The van der Waals surface area contributed by atoms with Crippen LogP contribution in [0.4, 0.5) is 4.39 Å². The number of carbonyl (C=O) groups is 1. The van der Waals surface area contributed by atoms with Gasteiger partial charge in [-0.05, 0) is 76.4 Å². The highest BCUT2D eigenvalue weighted by molar-refractivity contribution is 6.01. The predicted molar refractivity (Wildman–Crippen MR) is 133 cm³/mol. The Morgan fingerprint density at radius 2 is 1.83 bits per heavy atom. The molecule has 1 aliphatic carbocycles. The molecule has 0 radical (unpaired) electrons. The first-order valence-electron chi connectivity index (χ1n) is 11.4. The molecule has 1 saturated carbocycles. The van der Waals surface area contributed by atoms with Crippen LogP contribution in [0.25, 0.3) is 28.1 Å². The Balaban J connectivity index is 1.72. The summed E-state index contributed by atoms with van der Waals surface area (Å²) in [7, 11) is 1.59. The molecule has 2 aromatic heterocycles. The van der Waals surface area contributed by atoms with E-state index in [1.165, 1.54) is 0 Å². The van der Waals surface area contributed by atoms with Crippen LogP contribution >= 0.6 is 0 Å². The normalized spacial score (nSPS) is 14.7. The molecular weight excluding hydrogens is 445 g/mol. The molecule has 0 spiro atoms. The molecule has 0 saturated heterocycles. The number of rotatable bonds is 7. The zero-order valence-electron chi connectivity index (χ0n) is 19.2. The molecule has 0 bridgehead atoms. The van der Waals surface area contributed by atoms with Gasteiger partial charge in [0.2, 0.25) is 11.8 Å². The summed E-state index contributed by atoms with van der Waals surface area (Å²) in [5.74, 6) is -0.576. The Morgan fingerprint density at radius 3 is 2.46 bits per heavy atom. The molecule has 2 N–H and O–H groups in total. The van der Waals surface area contributed by atoms with Crippen molar-refractivity contribution in [1.29, 1.82) is 0 Å². The zero-order valence-corrected chi connectivity index (χ0v) is 19.2. The van der Waals surface area contributed by atoms with E-state index in [4.69, 9.17) is 9.84 Å². The number of aromatic nitrogens is 3. The van der Waals surface area contributed by atoms with Gasteiger partial charge in [-0.1, -0.05) is 36.8 Å². The fourth-order valence-corrected chi connectivity index (χ4v) is 4.48. The van der Waals surface area contributed by atoms with E-state index in [-0.39, 0.29) is 0 Å². The predicted octanol–water partition coefficient (Wildman–Crippen LogP) is 5.96. The Morgan fingerprint density at radius 1 is 1.09 bits per heavy atom. The van der Waals surface area contributed by atoms with Crippen molar-refractivity contribution in [3.63, 3.8) is 0 Å². The number of halogens is 1. The second-order valence-electron chi connectivity index (χ2n) is 8.57. The molecule has 2 heterocycles. The van der Waals surface area contributed by atoms with Crippen LogP contribution in [0.5, 0.6) is 5.88 Å². The lowest BCUT2D eigenvalue weighted by atomic mass is 9.73. The van der Waals surface area contributed by atoms with Crippen molar-refractivity contribution < 1.29 is 19.0 Å². The number of aliphatic carboxylic acids is 1. The number of methoxy groups -OCH3 is 1. The van der Waals surface area contributed by atoms with Crippen LogP contribution in [0.2, 0.25) is 0 Å². The molecule has 176 valence electrons. The highest BCUT2D eigenvalue weighted by Crippen LogP contribution is 2.45. The van der Waals surface area contributed by atoms with E-state index in [1.807, 2.05) is 60.8 Å². The van der Waals surface area contributed by atoms with Crippen molar-refractivity contribution in [2.24, 2.45) is 5.92 Å². The first kappa shape index (κ1) is 22.5. The lowest BCUT2D eigenvalue weighted by Gasteiger charge is -2.31. The maximum atomic E-state index is 14.4. The van der Waals surface area contributed by atoms with Crippen molar-refractivity contribution in [3.05, 3.63) is 95.1 Å². The van der Waals surface area contributed by atoms with Crippen LogP contribution in [0, 0.1) is 11.9 Å². The number of H-pyrrole nitrogens is 1. The zero-order chi connectivity index (χ0) is 24.4. The summed E-state index contributed by atoms with van der Waals surface area (Å²) in [6, 6.07) is 17.2. The summed E-state index contributed by atoms with van der Waals surface area (Å²) >= 11 is 0. The first-order valence-corrected chi connectivity index (χ1v) is 11.4. The fraction of sp³-hybridized carbons (Fsp3) is 0.179. The molecule has 5 rings (SSSR count). The molecule has 0 atom stereocenters. The van der Waals surface area contributed by atoms with E-state index in [9.17, 15) is 9.18 Å². The summed E-state index contributed by atoms with van der Waals surface area (Å²) in [5.41, 5.74) is 6.33. The minimum Gasteiger partial charge on any atom is -0.481 e. The van der Waals surface area contributed by atoms with Crippen molar-refractivity contribution >= 4 is 34.1 Å². The van der Waals surface area contributed by atoms with E-state index in [0.717, 1.165) is 58.7 Å². The number of nitrogens with zero attached hydrogens (tertiary/aromatic N) is 2. The Labute approximate surface area is 201 Å². The lowest BCUT2D eigenvalue weighted by Crippen LogP contribution is -2.15. The number of pyridine rings is 1. The monoisotopic (exact) mass is 469 g/mol. The molecule has 35 heavy (non-hydrogen) atoms. The molecule has 1 aliphatic rings. The average Bonchev–Trinajstić information content (AvgIpc) is 3.22.